The van der Waals surface area contributed by atoms with Crippen molar-refractivity contribution >= 4 is 73.2 Å². The van der Waals surface area contributed by atoms with Crippen LogP contribution in [-0.2, 0) is 96.0 Å². The monoisotopic (exact) mass is 1080 g/mol. The third kappa shape index (κ3) is 37.3. The molecule has 404 valence electrons. The molecule has 0 aliphatic heterocycles. The largest absolute Gasteiger partial charge is 0.540 e. The normalized spacial score (nSPS) is 11.1. The summed E-state index contributed by atoms with van der Waals surface area (Å²) in [7, 11) is -1.93. The Labute approximate surface area is 417 Å². The SMILES string of the molecule is C=C(C)C(=O)OC[Si](C)(OC)OC.C=C(C)C(=O)OC[Si](C)(OCC)OCC.C=C(C)C(=O)OC[Si](OC)(OC)OC.C=C(C)C(=O)OC[Si](OCC)(OCC)OCC.CO[Si](C)(CN=C=O)OC. The van der Waals surface area contributed by atoms with E-state index in [2.05, 4.69) is 31.3 Å². The van der Waals surface area contributed by atoms with Gasteiger partial charge in [-0.1, -0.05) is 26.3 Å². The van der Waals surface area contributed by atoms with Crippen LogP contribution in [0.5, 0.6) is 0 Å². The zero-order valence-corrected chi connectivity index (χ0v) is 49.9. The summed E-state index contributed by atoms with van der Waals surface area (Å²) in [5.41, 5.74) is 1.44. The molecular formula is C42H85NO21Si5. The smallest absolute Gasteiger partial charge is 0.460 e. The van der Waals surface area contributed by atoms with Gasteiger partial charge in [0.05, 0.1) is 6.17 Å². The predicted octanol–water partition coefficient (Wildman–Crippen LogP) is 5.24. The number of aliphatic imine (C=N–C) groups is 1. The second-order valence-corrected chi connectivity index (χ2v) is 29.5. The summed E-state index contributed by atoms with van der Waals surface area (Å²) in [6, 6.07) is 0. The molecule has 0 unspecified atom stereocenters. The van der Waals surface area contributed by atoms with Crippen LogP contribution >= 0.6 is 0 Å². The molecule has 0 radical (unpaired) electrons. The van der Waals surface area contributed by atoms with E-state index >= 15 is 0 Å². The van der Waals surface area contributed by atoms with Gasteiger partial charge >= 0.3 is 67.2 Å². The molecule has 0 saturated heterocycles. The number of carbonyl (C=O) groups is 4. The summed E-state index contributed by atoms with van der Waals surface area (Å²) in [5, 5.41) is 0. The van der Waals surface area contributed by atoms with Gasteiger partial charge < -0.3 is 72.1 Å². The Morgan fingerprint density at radius 3 is 0.899 bits per heavy atom. The second-order valence-electron chi connectivity index (χ2n) is 14.2. The Bertz CT molecular complexity index is 1520. The maximum absolute atomic E-state index is 11.3. The van der Waals surface area contributed by atoms with E-state index in [1.165, 1.54) is 27.4 Å². The van der Waals surface area contributed by atoms with Gasteiger partial charge in [0, 0.05) is 105 Å². The molecule has 0 heterocycles. The van der Waals surface area contributed by atoms with Crippen molar-refractivity contribution in [2.24, 2.45) is 4.99 Å². The number of nitrogens with zero attached hydrogens (tertiary/aromatic N) is 1. The minimum Gasteiger partial charge on any atom is -0.460 e. The summed E-state index contributed by atoms with van der Waals surface area (Å²) in [4.78, 5) is 57.7. The van der Waals surface area contributed by atoms with Gasteiger partial charge in [-0.3, -0.25) is 0 Å². The van der Waals surface area contributed by atoms with E-state index in [4.69, 9.17) is 72.1 Å². The van der Waals surface area contributed by atoms with E-state index in [1.54, 1.807) is 56.1 Å². The van der Waals surface area contributed by atoms with E-state index < -0.39 is 67.2 Å². The van der Waals surface area contributed by atoms with Crippen molar-refractivity contribution in [2.75, 3.05) is 114 Å². The highest BCUT2D eigenvalue weighted by Crippen LogP contribution is 2.13. The minimum absolute atomic E-state index is 0.0117. The van der Waals surface area contributed by atoms with Crippen LogP contribution in [0.15, 0.2) is 53.6 Å². The lowest BCUT2D eigenvalue weighted by molar-refractivity contribution is -0.139. The summed E-state index contributed by atoms with van der Waals surface area (Å²) in [6.07, 6.45) is 2.16. The Kier molecular flexibility index (Phi) is 46.1. The fourth-order valence-electron chi connectivity index (χ4n) is 3.86. The molecule has 0 aromatic carbocycles. The lowest BCUT2D eigenvalue weighted by atomic mass is 10.4. The number of isocyanates is 1. The molecule has 0 N–H and O–H groups in total. The average molecular weight is 1080 g/mol. The molecule has 0 bridgehead atoms. The summed E-state index contributed by atoms with van der Waals surface area (Å²) in [6.45, 7) is 37.7. The summed E-state index contributed by atoms with van der Waals surface area (Å²) < 4.78 is 83.0. The number of ether oxygens (including phenoxy) is 4. The molecule has 0 aromatic rings. The standard InChI is InChI=1S/C11H22O5Si.C10H20O4Si.C8H16O5Si.C8H16O4Si.C5H11NO3Si/c1-6-14-17(15-7-2,16-8-3)9-13-11(12)10(4)5;1-6-13-15(5,14-7-2)8-12-10(11)9(3)4;1-7(2)8(9)13-6-14(10-3,11-4)12-5;1-7(2)8(9)12-6-13(5,10-3)11-4;1-8-10(3,9-2)5-6-4-7/h4,6-9H2,1-3,5H3;3,6-8H2,1-2,4-5H3;1,6H2,2-5H3;1,6H2,2-5H3;5H2,1-3H3. The Morgan fingerprint density at radius 1 is 0.406 bits per heavy atom. The number of hydrogen-bond acceptors (Lipinski definition) is 22. The van der Waals surface area contributed by atoms with E-state index in [1.807, 2.05) is 54.3 Å². The van der Waals surface area contributed by atoms with Gasteiger partial charge in [0.25, 0.3) is 0 Å². The van der Waals surface area contributed by atoms with Crippen molar-refractivity contribution in [3.05, 3.63) is 48.6 Å². The molecule has 0 amide bonds. The van der Waals surface area contributed by atoms with Gasteiger partial charge in [-0.25, -0.2) is 29.0 Å². The first-order chi connectivity index (χ1) is 32.1. The molecular weight excluding hydrogens is 995 g/mol. The molecule has 0 aliphatic carbocycles. The lowest BCUT2D eigenvalue weighted by Crippen LogP contribution is -2.51. The molecule has 0 rings (SSSR count). The molecule has 0 saturated carbocycles. The van der Waals surface area contributed by atoms with Crippen LogP contribution in [0.1, 0.15) is 62.3 Å². The van der Waals surface area contributed by atoms with Crippen molar-refractivity contribution in [3.8, 4) is 0 Å². The van der Waals surface area contributed by atoms with Gasteiger partial charge in [-0.15, -0.1) is 0 Å². The fraction of sp³-hybridized carbons (Fsp3) is 0.690. The molecule has 27 heteroatoms. The first-order valence-corrected chi connectivity index (χ1v) is 32.9. The van der Waals surface area contributed by atoms with Crippen molar-refractivity contribution in [1.29, 1.82) is 0 Å². The Hall–Kier alpha value is -3.18. The van der Waals surface area contributed by atoms with Gasteiger partial charge in [-0.2, -0.15) is 0 Å². The summed E-state index contributed by atoms with van der Waals surface area (Å²) in [5.74, 6) is -1.74. The Morgan fingerprint density at radius 2 is 0.667 bits per heavy atom. The van der Waals surface area contributed by atoms with Gasteiger partial charge in [0.15, 0.2) is 12.5 Å². The average Bonchev–Trinajstić information content (AvgIpc) is 3.32. The number of hydrogen-bond donors (Lipinski definition) is 0. The van der Waals surface area contributed by atoms with Gasteiger partial charge in [0.1, 0.15) is 12.5 Å². The molecule has 0 aromatic heterocycles. The van der Waals surface area contributed by atoms with Crippen LogP contribution in [0.2, 0.25) is 19.6 Å². The number of rotatable bonds is 31. The highest BCUT2D eigenvalue weighted by atomic mass is 28.4. The number of esters is 4. The third-order valence-electron chi connectivity index (χ3n) is 8.17. The van der Waals surface area contributed by atoms with E-state index in [0.717, 1.165) is 0 Å². The predicted molar refractivity (Wildman–Crippen MR) is 270 cm³/mol. The zero-order valence-electron chi connectivity index (χ0n) is 44.9. The van der Waals surface area contributed by atoms with Gasteiger partial charge in [-0.05, 0) is 82.0 Å². The van der Waals surface area contributed by atoms with Crippen molar-refractivity contribution in [1.82, 2.24) is 0 Å². The quantitative estimate of drug-likeness (QED) is 0.0215. The van der Waals surface area contributed by atoms with Crippen molar-refractivity contribution in [3.63, 3.8) is 0 Å². The van der Waals surface area contributed by atoms with Crippen LogP contribution in [0, 0.1) is 0 Å². The molecule has 0 aliphatic rings. The van der Waals surface area contributed by atoms with E-state index in [-0.39, 0.29) is 24.9 Å². The van der Waals surface area contributed by atoms with Crippen LogP contribution in [0.25, 0.3) is 0 Å². The van der Waals surface area contributed by atoms with Crippen LogP contribution in [-0.4, -0.2) is 187 Å². The fourth-order valence-corrected chi connectivity index (χ4v) is 10.6. The Balaban J connectivity index is -0.000000250. The zero-order chi connectivity index (χ0) is 54.9. The third-order valence-corrected chi connectivity index (χ3v) is 20.5. The first kappa shape index (κ1) is 74.8. The van der Waals surface area contributed by atoms with Crippen LogP contribution in [0.3, 0.4) is 0 Å². The van der Waals surface area contributed by atoms with E-state index in [0.29, 0.717) is 61.5 Å². The van der Waals surface area contributed by atoms with Gasteiger partial charge in [0.2, 0.25) is 6.08 Å². The second kappa shape index (κ2) is 42.5. The van der Waals surface area contributed by atoms with Crippen LogP contribution in [0.4, 0.5) is 0 Å². The highest BCUT2D eigenvalue weighted by Gasteiger charge is 2.43. The maximum atomic E-state index is 11.3. The van der Waals surface area contributed by atoms with Crippen molar-refractivity contribution < 1.29 is 96.0 Å². The minimum atomic E-state index is -2.89. The lowest BCUT2D eigenvalue weighted by Gasteiger charge is -2.27. The van der Waals surface area contributed by atoms with Crippen LogP contribution < -0.4 is 0 Å². The molecule has 0 atom stereocenters. The number of carbonyl (C=O) groups excluding carboxylic acids is 5. The first-order valence-electron chi connectivity index (χ1n) is 21.5. The molecule has 22 nitrogen and oxygen atoms in total. The van der Waals surface area contributed by atoms with E-state index in [9.17, 15) is 24.0 Å². The molecule has 0 spiro atoms. The maximum Gasteiger partial charge on any atom is 0.540 e. The van der Waals surface area contributed by atoms with Crippen molar-refractivity contribution in [2.45, 2.75) is 82.0 Å². The highest BCUT2D eigenvalue weighted by molar-refractivity contribution is 6.67. The molecule has 0 fully saturated rings. The summed E-state index contributed by atoms with van der Waals surface area (Å²) >= 11 is 0. The molecule has 69 heavy (non-hydrogen) atoms. The topological polar surface area (TPSA) is 245 Å².